The Bertz CT molecular complexity index is 379. The highest BCUT2D eigenvalue weighted by Crippen LogP contribution is 2.17. The molecule has 0 fully saturated rings. The Morgan fingerprint density at radius 3 is 2.25 bits per heavy atom. The molecule has 0 saturated carbocycles. The molecular weight excluding hydrogens is 222 g/mol. The topological polar surface area (TPSA) is 20.3 Å². The summed E-state index contributed by atoms with van der Waals surface area (Å²) in [6.45, 7) is 5.80. The molecule has 86 valence electrons. The zero-order chi connectivity index (χ0) is 12.2. The SMILES string of the molecule is CC(C)(C)N(C=Cc1ccccc1)C(=O)Cl. The summed E-state index contributed by atoms with van der Waals surface area (Å²) in [5.74, 6) is 0. The van der Waals surface area contributed by atoms with Gasteiger partial charge in [0.1, 0.15) is 0 Å². The molecule has 1 amide bonds. The second-order valence-electron chi connectivity index (χ2n) is 4.52. The molecular formula is C13H16ClNO. The summed E-state index contributed by atoms with van der Waals surface area (Å²) in [6.07, 6.45) is 3.58. The normalized spacial score (nSPS) is 11.8. The number of carbonyl (C=O) groups excluding carboxylic acids is 1. The molecule has 3 heteroatoms. The van der Waals surface area contributed by atoms with Crippen molar-refractivity contribution >= 4 is 23.0 Å². The van der Waals surface area contributed by atoms with Gasteiger partial charge in [-0.15, -0.1) is 0 Å². The van der Waals surface area contributed by atoms with Crippen molar-refractivity contribution in [2.45, 2.75) is 26.3 Å². The van der Waals surface area contributed by atoms with Crippen LogP contribution in [0.3, 0.4) is 0 Å². The zero-order valence-electron chi connectivity index (χ0n) is 9.77. The third kappa shape index (κ3) is 3.70. The van der Waals surface area contributed by atoms with Crippen LogP contribution in [0.25, 0.3) is 6.08 Å². The van der Waals surface area contributed by atoms with Crippen molar-refractivity contribution in [2.75, 3.05) is 0 Å². The van der Waals surface area contributed by atoms with Crippen LogP contribution >= 0.6 is 11.6 Å². The lowest BCUT2D eigenvalue weighted by Gasteiger charge is -2.30. The standard InChI is InChI=1S/C13H16ClNO/c1-13(2,3)15(12(14)16)10-9-11-7-5-4-6-8-11/h4-10H,1-3H3. The number of halogens is 1. The summed E-state index contributed by atoms with van der Waals surface area (Å²) in [6, 6.07) is 9.78. The maximum atomic E-state index is 11.3. The van der Waals surface area contributed by atoms with Crippen molar-refractivity contribution in [1.29, 1.82) is 0 Å². The van der Waals surface area contributed by atoms with Crippen LogP contribution in [0.2, 0.25) is 0 Å². The molecule has 1 rings (SSSR count). The summed E-state index contributed by atoms with van der Waals surface area (Å²) < 4.78 is 0. The van der Waals surface area contributed by atoms with Crippen LogP contribution in [0.15, 0.2) is 36.5 Å². The molecule has 16 heavy (non-hydrogen) atoms. The molecule has 0 aromatic heterocycles. The van der Waals surface area contributed by atoms with Crippen LogP contribution in [0.4, 0.5) is 4.79 Å². The molecule has 1 aromatic carbocycles. The van der Waals surface area contributed by atoms with Gasteiger partial charge in [0, 0.05) is 11.7 Å². The minimum Gasteiger partial charge on any atom is -0.300 e. The average molecular weight is 238 g/mol. The number of benzene rings is 1. The first-order valence-electron chi connectivity index (χ1n) is 5.13. The molecule has 1 aromatic rings. The Morgan fingerprint density at radius 2 is 1.81 bits per heavy atom. The van der Waals surface area contributed by atoms with Gasteiger partial charge in [-0.3, -0.25) is 4.79 Å². The summed E-state index contributed by atoms with van der Waals surface area (Å²) in [5, 5.41) is -0.473. The molecule has 0 spiro atoms. The van der Waals surface area contributed by atoms with Gasteiger partial charge in [0.15, 0.2) is 0 Å². The lowest BCUT2D eigenvalue weighted by molar-refractivity contribution is 0.202. The quantitative estimate of drug-likeness (QED) is 0.560. The fourth-order valence-electron chi connectivity index (χ4n) is 1.27. The Kier molecular flexibility index (Phi) is 4.13. The smallest absolute Gasteiger partial charge is 0.300 e. The van der Waals surface area contributed by atoms with Crippen LogP contribution < -0.4 is 0 Å². The fraction of sp³-hybridized carbons (Fsp3) is 0.308. The highest BCUT2D eigenvalue weighted by Gasteiger charge is 2.22. The molecule has 0 aliphatic carbocycles. The maximum absolute atomic E-state index is 11.3. The maximum Gasteiger partial charge on any atom is 0.320 e. The van der Waals surface area contributed by atoms with Crippen LogP contribution in [0.1, 0.15) is 26.3 Å². The number of rotatable bonds is 2. The number of hydrogen-bond acceptors (Lipinski definition) is 1. The molecule has 0 N–H and O–H groups in total. The molecule has 0 heterocycles. The Morgan fingerprint density at radius 1 is 1.25 bits per heavy atom. The highest BCUT2D eigenvalue weighted by molar-refractivity contribution is 6.63. The molecule has 0 unspecified atom stereocenters. The minimum absolute atomic E-state index is 0.315. The summed E-state index contributed by atoms with van der Waals surface area (Å²) >= 11 is 5.53. The van der Waals surface area contributed by atoms with Gasteiger partial charge in [-0.2, -0.15) is 0 Å². The van der Waals surface area contributed by atoms with Gasteiger partial charge in [0.2, 0.25) is 0 Å². The molecule has 0 radical (unpaired) electrons. The molecule has 0 bridgehead atoms. The Hall–Kier alpha value is -1.28. The largest absolute Gasteiger partial charge is 0.320 e. The predicted octanol–water partition coefficient (Wildman–Crippen LogP) is 4.12. The number of amides is 1. The van der Waals surface area contributed by atoms with Crippen LogP contribution in [-0.2, 0) is 0 Å². The lowest BCUT2D eigenvalue weighted by atomic mass is 10.1. The monoisotopic (exact) mass is 237 g/mol. The third-order valence-corrected chi connectivity index (χ3v) is 2.31. The highest BCUT2D eigenvalue weighted by atomic mass is 35.5. The first-order chi connectivity index (χ1) is 7.41. The third-order valence-electron chi connectivity index (χ3n) is 2.13. The van der Waals surface area contributed by atoms with E-state index in [0.717, 1.165) is 5.56 Å². The van der Waals surface area contributed by atoms with Gasteiger partial charge < -0.3 is 4.90 Å². The van der Waals surface area contributed by atoms with E-state index in [2.05, 4.69) is 0 Å². The fourth-order valence-corrected chi connectivity index (χ4v) is 1.58. The van der Waals surface area contributed by atoms with Gasteiger partial charge in [-0.05, 0) is 44.0 Å². The summed E-state index contributed by atoms with van der Waals surface area (Å²) in [7, 11) is 0. The first kappa shape index (κ1) is 12.8. The van der Waals surface area contributed by atoms with Gasteiger partial charge in [-0.1, -0.05) is 30.3 Å². The van der Waals surface area contributed by atoms with Crippen LogP contribution in [-0.4, -0.2) is 15.8 Å². The van der Waals surface area contributed by atoms with E-state index in [-0.39, 0.29) is 5.54 Å². The predicted molar refractivity (Wildman–Crippen MR) is 68.3 cm³/mol. The second-order valence-corrected chi connectivity index (χ2v) is 4.84. The molecule has 0 aliphatic rings. The van der Waals surface area contributed by atoms with Crippen molar-refractivity contribution in [2.24, 2.45) is 0 Å². The van der Waals surface area contributed by atoms with E-state index in [1.54, 1.807) is 6.20 Å². The van der Waals surface area contributed by atoms with Gasteiger partial charge >= 0.3 is 5.37 Å². The molecule has 0 atom stereocenters. The number of nitrogens with zero attached hydrogens (tertiary/aromatic N) is 1. The zero-order valence-corrected chi connectivity index (χ0v) is 10.5. The van der Waals surface area contributed by atoms with E-state index in [0.29, 0.717) is 0 Å². The van der Waals surface area contributed by atoms with Gasteiger partial charge in [0.05, 0.1) is 0 Å². The van der Waals surface area contributed by atoms with Crippen molar-refractivity contribution in [3.63, 3.8) is 0 Å². The van der Waals surface area contributed by atoms with Crippen molar-refractivity contribution in [3.8, 4) is 0 Å². The van der Waals surface area contributed by atoms with Gasteiger partial charge in [0.25, 0.3) is 0 Å². The Labute approximate surface area is 102 Å². The summed E-state index contributed by atoms with van der Waals surface area (Å²) in [5.41, 5.74) is 0.721. The number of carbonyl (C=O) groups is 1. The van der Waals surface area contributed by atoms with E-state index in [4.69, 9.17) is 11.6 Å². The second kappa shape index (κ2) is 5.17. The van der Waals surface area contributed by atoms with E-state index < -0.39 is 5.37 Å². The van der Waals surface area contributed by atoms with E-state index in [1.807, 2.05) is 57.2 Å². The van der Waals surface area contributed by atoms with Crippen molar-refractivity contribution in [3.05, 3.63) is 42.1 Å². The summed E-state index contributed by atoms with van der Waals surface area (Å²) in [4.78, 5) is 12.8. The lowest BCUT2D eigenvalue weighted by Crippen LogP contribution is -2.38. The number of hydrogen-bond donors (Lipinski definition) is 0. The Balaban J connectivity index is 2.85. The minimum atomic E-state index is -0.473. The van der Waals surface area contributed by atoms with Gasteiger partial charge in [-0.25, -0.2) is 0 Å². The first-order valence-corrected chi connectivity index (χ1v) is 5.51. The van der Waals surface area contributed by atoms with Crippen molar-refractivity contribution < 1.29 is 4.79 Å². The molecule has 0 saturated heterocycles. The van der Waals surface area contributed by atoms with Crippen LogP contribution in [0.5, 0.6) is 0 Å². The van der Waals surface area contributed by atoms with Crippen LogP contribution in [0, 0.1) is 0 Å². The molecule has 2 nitrogen and oxygen atoms in total. The van der Waals surface area contributed by atoms with E-state index in [1.165, 1.54) is 4.90 Å². The van der Waals surface area contributed by atoms with Crippen molar-refractivity contribution in [1.82, 2.24) is 4.90 Å². The van der Waals surface area contributed by atoms with E-state index >= 15 is 0 Å². The molecule has 0 aliphatic heterocycles. The van der Waals surface area contributed by atoms with E-state index in [9.17, 15) is 4.79 Å². The average Bonchev–Trinajstić information content (AvgIpc) is 2.17.